The number of aryl methyl sites for hydroxylation is 1. The smallest absolute Gasteiger partial charge is 0.285 e. The summed E-state index contributed by atoms with van der Waals surface area (Å²) >= 11 is 6.11. The molecule has 0 aliphatic carbocycles. The van der Waals surface area contributed by atoms with Crippen LogP contribution in [-0.4, -0.2) is 32.3 Å². The summed E-state index contributed by atoms with van der Waals surface area (Å²) in [5.41, 5.74) is 0.379. The van der Waals surface area contributed by atoms with Crippen LogP contribution in [0, 0.1) is 6.92 Å². The quantitative estimate of drug-likeness (QED) is 0.933. The Morgan fingerprint density at radius 1 is 1.55 bits per heavy atom. The fourth-order valence-corrected chi connectivity index (χ4v) is 2.94. The molecule has 0 bridgehead atoms. The van der Waals surface area contributed by atoms with Crippen LogP contribution in [0.2, 0.25) is 5.02 Å². The van der Waals surface area contributed by atoms with Crippen LogP contribution in [-0.2, 0) is 6.54 Å². The summed E-state index contributed by atoms with van der Waals surface area (Å²) in [5, 5.41) is 6.43. The van der Waals surface area contributed by atoms with E-state index in [1.54, 1.807) is 12.4 Å². The number of rotatable bonds is 3. The minimum atomic E-state index is -0.339. The number of hydrogen-bond acceptors (Lipinski definition) is 4. The highest BCUT2D eigenvalue weighted by Crippen LogP contribution is 2.29. The van der Waals surface area contributed by atoms with Crippen molar-refractivity contribution in [2.45, 2.75) is 32.4 Å². The highest BCUT2D eigenvalue weighted by Gasteiger charge is 2.27. The second kappa shape index (κ2) is 5.28. The minimum absolute atomic E-state index is 0.217. The van der Waals surface area contributed by atoms with Crippen molar-refractivity contribution in [3.63, 3.8) is 0 Å². The number of hydrogen-bond donors (Lipinski definition) is 1. The van der Waals surface area contributed by atoms with E-state index in [0.29, 0.717) is 6.04 Å². The number of aromatic amines is 1. The predicted octanol–water partition coefficient (Wildman–Crippen LogP) is 1.60. The maximum Gasteiger partial charge on any atom is 0.285 e. The fourth-order valence-electron chi connectivity index (χ4n) is 2.74. The molecule has 1 atom stereocenters. The summed E-state index contributed by atoms with van der Waals surface area (Å²) in [6, 6.07) is 0.309. The summed E-state index contributed by atoms with van der Waals surface area (Å²) < 4.78 is 2.12. The van der Waals surface area contributed by atoms with Gasteiger partial charge in [0, 0.05) is 31.5 Å². The summed E-state index contributed by atoms with van der Waals surface area (Å²) in [6.07, 6.45) is 7.56. The van der Waals surface area contributed by atoms with E-state index >= 15 is 0 Å². The average molecular weight is 294 g/mol. The van der Waals surface area contributed by atoms with E-state index in [-0.39, 0.29) is 10.6 Å². The molecule has 0 radical (unpaired) electrons. The highest BCUT2D eigenvalue weighted by molar-refractivity contribution is 6.33. The van der Waals surface area contributed by atoms with Crippen molar-refractivity contribution >= 4 is 17.3 Å². The van der Waals surface area contributed by atoms with Crippen LogP contribution in [0.15, 0.2) is 23.4 Å². The van der Waals surface area contributed by atoms with Gasteiger partial charge in [-0.15, -0.1) is 0 Å². The summed E-state index contributed by atoms with van der Waals surface area (Å²) in [5.74, 6) is 0.993. The molecule has 2 aromatic rings. The van der Waals surface area contributed by atoms with Crippen molar-refractivity contribution in [2.75, 3.05) is 11.4 Å². The third kappa shape index (κ3) is 2.31. The van der Waals surface area contributed by atoms with E-state index in [1.165, 1.54) is 0 Å². The van der Waals surface area contributed by atoms with Crippen LogP contribution in [0.4, 0.5) is 5.69 Å². The van der Waals surface area contributed by atoms with Gasteiger partial charge in [0.2, 0.25) is 0 Å². The van der Waals surface area contributed by atoms with Gasteiger partial charge in [0.1, 0.15) is 10.8 Å². The van der Waals surface area contributed by atoms with E-state index in [2.05, 4.69) is 24.6 Å². The first-order valence-corrected chi connectivity index (χ1v) is 7.02. The van der Waals surface area contributed by atoms with Gasteiger partial charge in [-0.3, -0.25) is 4.79 Å². The van der Waals surface area contributed by atoms with Gasteiger partial charge in [-0.05, 0) is 19.8 Å². The summed E-state index contributed by atoms with van der Waals surface area (Å²) in [6.45, 7) is 3.72. The van der Waals surface area contributed by atoms with Gasteiger partial charge in [-0.25, -0.2) is 10.1 Å². The average Bonchev–Trinajstić information content (AvgIpc) is 3.04. The minimum Gasteiger partial charge on any atom is -0.364 e. The molecule has 3 rings (SSSR count). The van der Waals surface area contributed by atoms with Crippen LogP contribution in [0.1, 0.15) is 18.7 Å². The molecule has 0 amide bonds. The Morgan fingerprint density at radius 2 is 2.40 bits per heavy atom. The lowest BCUT2D eigenvalue weighted by molar-refractivity contribution is 0.540. The number of halogens is 1. The van der Waals surface area contributed by atoms with Gasteiger partial charge in [0.25, 0.3) is 5.56 Å². The molecule has 0 saturated carbocycles. The monoisotopic (exact) mass is 293 g/mol. The number of nitrogens with one attached hydrogen (secondary N) is 1. The second-order valence-electron chi connectivity index (χ2n) is 5.01. The Labute approximate surface area is 121 Å². The molecule has 1 N–H and O–H groups in total. The van der Waals surface area contributed by atoms with Gasteiger partial charge in [-0.2, -0.15) is 5.10 Å². The normalized spacial score (nSPS) is 18.7. The predicted molar refractivity (Wildman–Crippen MR) is 77.2 cm³/mol. The lowest BCUT2D eigenvalue weighted by Crippen LogP contribution is -2.34. The highest BCUT2D eigenvalue weighted by atomic mass is 35.5. The van der Waals surface area contributed by atoms with Gasteiger partial charge in [0.15, 0.2) is 0 Å². The molecule has 1 fully saturated rings. The molecule has 3 heterocycles. The SMILES string of the molecule is Cc1nccn1C[C@H]1CCCN1c1cn[nH]c(=O)c1Cl. The molecule has 0 aromatic carbocycles. The van der Waals surface area contributed by atoms with Crippen molar-refractivity contribution in [2.24, 2.45) is 0 Å². The van der Waals surface area contributed by atoms with Crippen LogP contribution in [0.5, 0.6) is 0 Å². The van der Waals surface area contributed by atoms with Gasteiger partial charge < -0.3 is 9.47 Å². The Bertz CT molecular complexity index is 665. The first-order chi connectivity index (χ1) is 9.66. The summed E-state index contributed by atoms with van der Waals surface area (Å²) in [4.78, 5) is 18.0. The van der Waals surface area contributed by atoms with Gasteiger partial charge in [-0.1, -0.05) is 11.6 Å². The first kappa shape index (κ1) is 13.2. The number of nitrogens with zero attached hydrogens (tertiary/aromatic N) is 4. The van der Waals surface area contributed by atoms with Crippen molar-refractivity contribution < 1.29 is 0 Å². The first-order valence-electron chi connectivity index (χ1n) is 6.64. The lowest BCUT2D eigenvalue weighted by Gasteiger charge is -2.27. The maximum atomic E-state index is 11.6. The third-order valence-corrected chi connectivity index (χ3v) is 4.16. The van der Waals surface area contributed by atoms with Crippen molar-refractivity contribution in [3.05, 3.63) is 39.8 Å². The molecule has 7 heteroatoms. The molecule has 2 aromatic heterocycles. The van der Waals surface area contributed by atoms with E-state index in [1.807, 2.05) is 13.1 Å². The van der Waals surface area contributed by atoms with Crippen LogP contribution in [0.25, 0.3) is 0 Å². The Morgan fingerprint density at radius 3 is 3.15 bits per heavy atom. The molecular formula is C13H16ClN5O. The molecule has 6 nitrogen and oxygen atoms in total. The van der Waals surface area contributed by atoms with E-state index in [4.69, 9.17) is 11.6 Å². The zero-order valence-electron chi connectivity index (χ0n) is 11.2. The van der Waals surface area contributed by atoms with Crippen LogP contribution >= 0.6 is 11.6 Å². The zero-order valence-corrected chi connectivity index (χ0v) is 12.0. The van der Waals surface area contributed by atoms with Gasteiger partial charge >= 0.3 is 0 Å². The molecule has 20 heavy (non-hydrogen) atoms. The number of aromatic nitrogens is 4. The van der Waals surface area contributed by atoms with Crippen molar-refractivity contribution in [3.8, 4) is 0 Å². The zero-order chi connectivity index (χ0) is 14.1. The number of H-pyrrole nitrogens is 1. The Hall–Kier alpha value is -1.82. The largest absolute Gasteiger partial charge is 0.364 e. The standard InChI is InChI=1S/C13H16ClN5O/c1-9-15-4-6-18(9)8-10-3-2-5-19(10)11-7-16-17-13(20)12(11)14/h4,6-7,10H,2-3,5,8H2,1H3,(H,17,20)/t10-/m1/s1. The second-order valence-corrected chi connectivity index (χ2v) is 5.39. The molecule has 1 saturated heterocycles. The maximum absolute atomic E-state index is 11.6. The molecular weight excluding hydrogens is 278 g/mol. The van der Waals surface area contributed by atoms with Crippen molar-refractivity contribution in [1.82, 2.24) is 19.7 Å². The molecule has 0 unspecified atom stereocenters. The molecule has 1 aliphatic rings. The molecule has 1 aliphatic heterocycles. The number of imidazole rings is 1. The van der Waals surface area contributed by atoms with Gasteiger partial charge in [0.05, 0.1) is 11.9 Å². The molecule has 106 valence electrons. The number of anilines is 1. The van der Waals surface area contributed by atoms with Crippen LogP contribution < -0.4 is 10.5 Å². The van der Waals surface area contributed by atoms with Crippen molar-refractivity contribution in [1.29, 1.82) is 0 Å². The topological polar surface area (TPSA) is 66.8 Å². The van der Waals surface area contributed by atoms with E-state index in [0.717, 1.165) is 37.4 Å². The molecule has 0 spiro atoms. The Kier molecular flexibility index (Phi) is 3.48. The van der Waals surface area contributed by atoms with E-state index in [9.17, 15) is 4.79 Å². The fraction of sp³-hybridized carbons (Fsp3) is 0.462. The van der Waals surface area contributed by atoms with Crippen LogP contribution in [0.3, 0.4) is 0 Å². The third-order valence-electron chi connectivity index (χ3n) is 3.79. The lowest BCUT2D eigenvalue weighted by atomic mass is 10.2. The summed E-state index contributed by atoms with van der Waals surface area (Å²) in [7, 11) is 0. The van der Waals surface area contributed by atoms with E-state index < -0.39 is 0 Å². The Balaban J connectivity index is 1.87.